The van der Waals surface area contributed by atoms with Crippen LogP contribution >= 0.6 is 0 Å². The van der Waals surface area contributed by atoms with E-state index in [1.807, 2.05) is 48.5 Å². The molecule has 6 nitrogen and oxygen atoms in total. The standard InChI is InChI=1S/C33H33NO5/c1-2-20(16-21-13-14-28(36)25-11-7-6-10-24(21)25)12-15-29-30-22(18-35)17-26-31(27(30)19-39-29)33(38)34(32(26)37)23-8-4-3-5-9-23/h3-11,13-14,16,26-27,29,31,35-36H,2,12,15,17-19H2,1H3/b20-16+/t26-,27+,29-,31-/m1/s1. The number of aromatic hydroxyl groups is 1. The van der Waals surface area contributed by atoms with Gasteiger partial charge in [0.05, 0.1) is 36.8 Å². The Morgan fingerprint density at radius 3 is 2.46 bits per heavy atom. The van der Waals surface area contributed by atoms with Crippen LogP contribution in [0.3, 0.4) is 0 Å². The molecule has 2 amide bonds. The minimum atomic E-state index is -0.454. The second-order valence-electron chi connectivity index (χ2n) is 10.7. The summed E-state index contributed by atoms with van der Waals surface area (Å²) in [6, 6.07) is 20.6. The lowest BCUT2D eigenvalue weighted by molar-refractivity contribution is -0.122. The minimum absolute atomic E-state index is 0.127. The van der Waals surface area contributed by atoms with E-state index < -0.39 is 11.8 Å². The first-order valence-electron chi connectivity index (χ1n) is 13.8. The van der Waals surface area contributed by atoms with Gasteiger partial charge in [-0.1, -0.05) is 67.1 Å². The molecule has 200 valence electrons. The summed E-state index contributed by atoms with van der Waals surface area (Å²) < 4.78 is 6.28. The Bertz CT molecular complexity index is 1490. The first-order valence-corrected chi connectivity index (χ1v) is 13.8. The molecular weight excluding hydrogens is 490 g/mol. The van der Waals surface area contributed by atoms with Gasteiger partial charge in [-0.05, 0) is 66.0 Å². The van der Waals surface area contributed by atoms with Crippen molar-refractivity contribution in [3.05, 3.63) is 89.0 Å². The highest BCUT2D eigenvalue weighted by atomic mass is 16.5. The summed E-state index contributed by atoms with van der Waals surface area (Å²) in [7, 11) is 0. The third-order valence-corrected chi connectivity index (χ3v) is 8.69. The number of phenols is 1. The number of phenolic OH excluding ortho intramolecular Hbond substituents is 1. The van der Waals surface area contributed by atoms with Gasteiger partial charge in [0, 0.05) is 11.3 Å². The lowest BCUT2D eigenvalue weighted by atomic mass is 9.69. The molecule has 0 saturated carbocycles. The smallest absolute Gasteiger partial charge is 0.238 e. The van der Waals surface area contributed by atoms with Crippen molar-refractivity contribution >= 4 is 34.4 Å². The van der Waals surface area contributed by atoms with Crippen molar-refractivity contribution in [1.29, 1.82) is 0 Å². The van der Waals surface area contributed by atoms with E-state index in [4.69, 9.17) is 4.74 Å². The second-order valence-corrected chi connectivity index (χ2v) is 10.7. The van der Waals surface area contributed by atoms with Crippen LogP contribution in [0.25, 0.3) is 16.8 Å². The number of ether oxygens (including phenoxy) is 1. The molecule has 2 fully saturated rings. The molecule has 3 aromatic carbocycles. The fourth-order valence-corrected chi connectivity index (χ4v) is 6.77. The number of amides is 2. The monoisotopic (exact) mass is 523 g/mol. The molecule has 3 aliphatic rings. The van der Waals surface area contributed by atoms with Gasteiger partial charge in [0.1, 0.15) is 5.75 Å². The Morgan fingerprint density at radius 1 is 0.974 bits per heavy atom. The second kappa shape index (κ2) is 10.4. The summed E-state index contributed by atoms with van der Waals surface area (Å²) >= 11 is 0. The van der Waals surface area contributed by atoms with E-state index in [0.29, 0.717) is 18.7 Å². The summed E-state index contributed by atoms with van der Waals surface area (Å²) in [6.45, 7) is 2.40. The number of carbonyl (C=O) groups excluding carboxylic acids is 2. The highest BCUT2D eigenvalue weighted by molar-refractivity contribution is 6.22. The summed E-state index contributed by atoms with van der Waals surface area (Å²) in [5.74, 6) is -1.15. The topological polar surface area (TPSA) is 87.1 Å². The van der Waals surface area contributed by atoms with E-state index in [2.05, 4.69) is 13.0 Å². The van der Waals surface area contributed by atoms with Gasteiger partial charge in [-0.3, -0.25) is 14.5 Å². The number of hydrogen-bond donors (Lipinski definition) is 2. The number of aliphatic hydroxyl groups is 1. The molecule has 39 heavy (non-hydrogen) atoms. The predicted octanol–water partition coefficient (Wildman–Crippen LogP) is 5.63. The fourth-order valence-electron chi connectivity index (χ4n) is 6.77. The third-order valence-electron chi connectivity index (χ3n) is 8.69. The molecule has 2 saturated heterocycles. The molecule has 1 aliphatic carbocycles. The molecule has 0 aromatic heterocycles. The number of carbonyl (C=O) groups is 2. The quantitative estimate of drug-likeness (QED) is 0.310. The van der Waals surface area contributed by atoms with Crippen molar-refractivity contribution in [3.8, 4) is 5.75 Å². The maximum Gasteiger partial charge on any atom is 0.238 e. The molecule has 0 spiro atoms. The van der Waals surface area contributed by atoms with Crippen LogP contribution in [0.5, 0.6) is 5.75 Å². The number of imide groups is 1. The molecule has 3 aromatic rings. The molecular formula is C33H33NO5. The predicted molar refractivity (Wildman–Crippen MR) is 151 cm³/mol. The summed E-state index contributed by atoms with van der Waals surface area (Å²) in [4.78, 5) is 28.3. The molecule has 2 aliphatic heterocycles. The van der Waals surface area contributed by atoms with Gasteiger partial charge in [-0.2, -0.15) is 0 Å². The summed E-state index contributed by atoms with van der Waals surface area (Å²) in [6.07, 6.45) is 4.84. The van der Waals surface area contributed by atoms with Crippen molar-refractivity contribution in [2.75, 3.05) is 18.1 Å². The molecule has 2 N–H and O–H groups in total. The lowest BCUT2D eigenvalue weighted by Gasteiger charge is -2.31. The summed E-state index contributed by atoms with van der Waals surface area (Å²) in [5, 5.41) is 22.4. The number of allylic oxidation sites excluding steroid dienone is 1. The van der Waals surface area contributed by atoms with Crippen molar-refractivity contribution in [2.24, 2.45) is 17.8 Å². The molecule has 6 rings (SSSR count). The minimum Gasteiger partial charge on any atom is -0.507 e. The highest BCUT2D eigenvalue weighted by Gasteiger charge is 2.57. The van der Waals surface area contributed by atoms with Gasteiger partial charge in [-0.15, -0.1) is 0 Å². The number of para-hydroxylation sites is 1. The van der Waals surface area contributed by atoms with Crippen LogP contribution in [-0.2, 0) is 14.3 Å². The largest absolute Gasteiger partial charge is 0.507 e. The highest BCUT2D eigenvalue weighted by Crippen LogP contribution is 2.50. The normalized spacial score (nSPS) is 25.0. The lowest BCUT2D eigenvalue weighted by Crippen LogP contribution is -2.35. The van der Waals surface area contributed by atoms with Gasteiger partial charge >= 0.3 is 0 Å². The van der Waals surface area contributed by atoms with Crippen molar-refractivity contribution < 1.29 is 24.5 Å². The molecule has 0 unspecified atom stereocenters. The zero-order chi connectivity index (χ0) is 27.1. The van der Waals surface area contributed by atoms with E-state index in [9.17, 15) is 19.8 Å². The number of rotatable bonds is 7. The van der Waals surface area contributed by atoms with Gasteiger partial charge < -0.3 is 14.9 Å². The Hall–Kier alpha value is -3.74. The molecule has 4 atom stereocenters. The van der Waals surface area contributed by atoms with Gasteiger partial charge in [-0.25, -0.2) is 0 Å². The number of aliphatic hydroxyl groups excluding tert-OH is 1. The van der Waals surface area contributed by atoms with Crippen LogP contribution in [0.2, 0.25) is 0 Å². The number of nitrogens with zero attached hydrogens (tertiary/aromatic N) is 1. The van der Waals surface area contributed by atoms with E-state index in [1.54, 1.807) is 18.2 Å². The van der Waals surface area contributed by atoms with Gasteiger partial charge in [0.25, 0.3) is 0 Å². The summed E-state index contributed by atoms with van der Waals surface area (Å²) in [5.41, 5.74) is 4.81. The van der Waals surface area contributed by atoms with E-state index in [0.717, 1.165) is 46.7 Å². The van der Waals surface area contributed by atoms with E-state index >= 15 is 0 Å². The first-order chi connectivity index (χ1) is 19.0. The van der Waals surface area contributed by atoms with Crippen molar-refractivity contribution in [3.63, 3.8) is 0 Å². The molecule has 0 bridgehead atoms. The van der Waals surface area contributed by atoms with Crippen molar-refractivity contribution in [1.82, 2.24) is 0 Å². The average molecular weight is 524 g/mol. The van der Waals surface area contributed by atoms with Crippen LogP contribution in [0.1, 0.15) is 38.2 Å². The van der Waals surface area contributed by atoms with Crippen LogP contribution in [0, 0.1) is 17.8 Å². The Balaban J connectivity index is 1.24. The SMILES string of the molecule is CC/C(=C\c1ccc(O)c2ccccc12)CC[C@H]1OC[C@H]2C1=C(CO)C[C@H]1C(=O)N(c3ccccc3)C(=O)[C@H]12. The van der Waals surface area contributed by atoms with Gasteiger partial charge in [0.2, 0.25) is 11.8 Å². The molecule has 0 radical (unpaired) electrons. The third kappa shape index (κ3) is 4.38. The number of fused-ring (bicyclic) bond motifs is 4. The zero-order valence-electron chi connectivity index (χ0n) is 22.0. The maximum absolute atomic E-state index is 13.6. The molecule has 2 heterocycles. The average Bonchev–Trinajstić information content (AvgIpc) is 3.50. The zero-order valence-corrected chi connectivity index (χ0v) is 22.0. The van der Waals surface area contributed by atoms with Crippen LogP contribution < -0.4 is 4.90 Å². The fraction of sp³-hybridized carbons (Fsp3) is 0.333. The van der Waals surface area contributed by atoms with E-state index in [-0.39, 0.29) is 36.2 Å². The number of benzene rings is 3. The van der Waals surface area contributed by atoms with Crippen LogP contribution in [-0.4, -0.2) is 41.3 Å². The Labute approximate surface area is 228 Å². The Morgan fingerprint density at radius 2 is 1.72 bits per heavy atom. The van der Waals surface area contributed by atoms with Crippen LogP contribution in [0.15, 0.2) is 83.4 Å². The van der Waals surface area contributed by atoms with E-state index in [1.165, 1.54) is 10.5 Å². The number of hydrogen-bond acceptors (Lipinski definition) is 5. The maximum atomic E-state index is 13.6. The molecule has 6 heteroatoms. The number of anilines is 1. The first kappa shape index (κ1) is 25.5. The van der Waals surface area contributed by atoms with Gasteiger partial charge in [0.15, 0.2) is 0 Å². The van der Waals surface area contributed by atoms with Crippen molar-refractivity contribution in [2.45, 2.75) is 38.7 Å². The Kier molecular flexibility index (Phi) is 6.83. The van der Waals surface area contributed by atoms with Crippen LogP contribution in [0.4, 0.5) is 5.69 Å².